The molecule has 5 nitrogen and oxygen atoms in total. The fourth-order valence-electron chi connectivity index (χ4n) is 3.77. The molecule has 0 aliphatic carbocycles. The Hall–Kier alpha value is -2.79. The molecule has 1 aliphatic rings. The van der Waals surface area contributed by atoms with E-state index in [1.54, 1.807) is 6.26 Å². The topological polar surface area (TPSA) is 54.7 Å². The molecule has 1 saturated heterocycles. The maximum absolute atomic E-state index is 12.5. The van der Waals surface area contributed by atoms with Crippen LogP contribution in [-0.2, 0) is 11.2 Å². The van der Waals surface area contributed by atoms with Gasteiger partial charge in [-0.05, 0) is 42.7 Å². The van der Waals surface area contributed by atoms with E-state index in [2.05, 4.69) is 10.2 Å². The van der Waals surface area contributed by atoms with E-state index in [0.717, 1.165) is 54.8 Å². The summed E-state index contributed by atoms with van der Waals surface area (Å²) in [6.45, 7) is 3.58. The second-order valence-corrected chi connectivity index (χ2v) is 7.27. The average molecular weight is 378 g/mol. The van der Waals surface area contributed by atoms with Crippen molar-refractivity contribution in [3.05, 3.63) is 66.4 Å². The smallest absolute Gasteiger partial charge is 0.224 e. The highest BCUT2D eigenvalue weighted by molar-refractivity contribution is 5.87. The lowest BCUT2D eigenvalue weighted by molar-refractivity contribution is -0.121. The molecule has 146 valence electrons. The van der Waals surface area contributed by atoms with Gasteiger partial charge in [-0.15, -0.1) is 0 Å². The number of furan rings is 1. The number of benzene rings is 2. The van der Waals surface area contributed by atoms with Crippen molar-refractivity contribution in [1.29, 1.82) is 0 Å². The molecule has 0 bridgehead atoms. The first kappa shape index (κ1) is 18.6. The van der Waals surface area contributed by atoms with Gasteiger partial charge in [-0.25, -0.2) is 0 Å². The van der Waals surface area contributed by atoms with Crippen molar-refractivity contribution in [1.82, 2.24) is 10.2 Å². The Kier molecular flexibility index (Phi) is 5.92. The van der Waals surface area contributed by atoms with E-state index in [0.29, 0.717) is 13.0 Å². The van der Waals surface area contributed by atoms with Crippen molar-refractivity contribution >= 4 is 16.9 Å². The standard InChI is InChI=1S/C23H26N2O3/c26-23(17-18-5-4-8-22-21(18)11-15-28-22)24-19-9-12-25(13-10-19)14-16-27-20-6-2-1-3-7-20/h1-8,11,15,19H,9-10,12-14,16-17H2,(H,24,26). The summed E-state index contributed by atoms with van der Waals surface area (Å²) in [5, 5.41) is 4.22. The molecule has 0 saturated carbocycles. The van der Waals surface area contributed by atoms with E-state index >= 15 is 0 Å². The summed E-state index contributed by atoms with van der Waals surface area (Å²) in [5.74, 6) is 0.997. The molecule has 1 aliphatic heterocycles. The molecular formula is C23H26N2O3. The summed E-state index contributed by atoms with van der Waals surface area (Å²) in [7, 11) is 0. The fraction of sp³-hybridized carbons (Fsp3) is 0.348. The van der Waals surface area contributed by atoms with Crippen LogP contribution in [0.2, 0.25) is 0 Å². The third-order valence-electron chi connectivity index (χ3n) is 5.31. The molecule has 4 rings (SSSR count). The quantitative estimate of drug-likeness (QED) is 0.682. The maximum atomic E-state index is 12.5. The minimum atomic E-state index is 0.0829. The lowest BCUT2D eigenvalue weighted by Gasteiger charge is -2.32. The first-order valence-corrected chi connectivity index (χ1v) is 9.92. The van der Waals surface area contributed by atoms with Crippen LogP contribution in [0.15, 0.2) is 65.3 Å². The Morgan fingerprint density at radius 3 is 2.71 bits per heavy atom. The van der Waals surface area contributed by atoms with Gasteiger partial charge in [0, 0.05) is 31.1 Å². The van der Waals surface area contributed by atoms with E-state index in [-0.39, 0.29) is 11.9 Å². The molecule has 1 amide bonds. The molecular weight excluding hydrogens is 352 g/mol. The van der Waals surface area contributed by atoms with Crippen LogP contribution >= 0.6 is 0 Å². The number of para-hydroxylation sites is 1. The molecule has 1 N–H and O–H groups in total. The highest BCUT2D eigenvalue weighted by Gasteiger charge is 2.21. The van der Waals surface area contributed by atoms with Crippen molar-refractivity contribution in [2.24, 2.45) is 0 Å². The highest BCUT2D eigenvalue weighted by atomic mass is 16.5. The van der Waals surface area contributed by atoms with Crippen LogP contribution in [0, 0.1) is 0 Å². The molecule has 0 unspecified atom stereocenters. The zero-order chi connectivity index (χ0) is 19.2. The summed E-state index contributed by atoms with van der Waals surface area (Å²) < 4.78 is 11.2. The van der Waals surface area contributed by atoms with Crippen molar-refractivity contribution in [2.75, 3.05) is 26.2 Å². The van der Waals surface area contributed by atoms with Crippen LogP contribution in [0.25, 0.3) is 11.0 Å². The van der Waals surface area contributed by atoms with Crippen molar-refractivity contribution in [2.45, 2.75) is 25.3 Å². The highest BCUT2D eigenvalue weighted by Crippen LogP contribution is 2.20. The van der Waals surface area contributed by atoms with Crippen LogP contribution in [0.4, 0.5) is 0 Å². The van der Waals surface area contributed by atoms with Gasteiger partial charge in [0.05, 0.1) is 12.7 Å². The van der Waals surface area contributed by atoms with Gasteiger partial charge in [-0.2, -0.15) is 0 Å². The first-order valence-electron chi connectivity index (χ1n) is 9.92. The van der Waals surface area contributed by atoms with Crippen LogP contribution in [0.5, 0.6) is 5.75 Å². The number of nitrogens with one attached hydrogen (secondary N) is 1. The summed E-state index contributed by atoms with van der Waals surface area (Å²) in [6.07, 6.45) is 4.02. The zero-order valence-corrected chi connectivity index (χ0v) is 16.0. The Morgan fingerprint density at radius 2 is 1.89 bits per heavy atom. The Morgan fingerprint density at radius 1 is 1.07 bits per heavy atom. The minimum absolute atomic E-state index is 0.0829. The lowest BCUT2D eigenvalue weighted by atomic mass is 10.0. The SMILES string of the molecule is O=C(Cc1cccc2occc12)NC1CCN(CCOc2ccccc2)CC1. The van der Waals surface area contributed by atoms with Crippen LogP contribution < -0.4 is 10.1 Å². The molecule has 0 radical (unpaired) electrons. The lowest BCUT2D eigenvalue weighted by Crippen LogP contribution is -2.45. The van der Waals surface area contributed by atoms with Gasteiger partial charge in [0.25, 0.3) is 0 Å². The molecule has 1 fully saturated rings. The molecule has 5 heteroatoms. The monoisotopic (exact) mass is 378 g/mol. The molecule has 2 aromatic carbocycles. The molecule has 0 atom stereocenters. The van der Waals surface area contributed by atoms with Crippen molar-refractivity contribution < 1.29 is 13.9 Å². The van der Waals surface area contributed by atoms with Gasteiger partial charge in [-0.3, -0.25) is 9.69 Å². The number of piperidine rings is 1. The van der Waals surface area contributed by atoms with Crippen LogP contribution in [0.1, 0.15) is 18.4 Å². The molecule has 3 aromatic rings. The van der Waals surface area contributed by atoms with Crippen molar-refractivity contribution in [3.63, 3.8) is 0 Å². The number of fused-ring (bicyclic) bond motifs is 1. The van der Waals surface area contributed by atoms with Crippen LogP contribution in [0.3, 0.4) is 0 Å². The number of carbonyl (C=O) groups excluding carboxylic acids is 1. The number of hydrogen-bond donors (Lipinski definition) is 1. The van der Waals surface area contributed by atoms with E-state index < -0.39 is 0 Å². The predicted octanol–water partition coefficient (Wildman–Crippen LogP) is 3.63. The number of hydrogen-bond acceptors (Lipinski definition) is 4. The Bertz CT molecular complexity index is 898. The van der Waals surface area contributed by atoms with Gasteiger partial charge in [0.2, 0.25) is 5.91 Å². The second kappa shape index (κ2) is 8.93. The third kappa shape index (κ3) is 4.73. The van der Waals surface area contributed by atoms with E-state index in [4.69, 9.17) is 9.15 Å². The second-order valence-electron chi connectivity index (χ2n) is 7.27. The number of amides is 1. The number of likely N-dealkylation sites (tertiary alicyclic amines) is 1. The van der Waals surface area contributed by atoms with Crippen molar-refractivity contribution in [3.8, 4) is 5.75 Å². The van der Waals surface area contributed by atoms with Gasteiger partial charge in [-0.1, -0.05) is 30.3 Å². The average Bonchev–Trinajstić information content (AvgIpc) is 3.20. The Balaban J connectivity index is 1.19. The van der Waals surface area contributed by atoms with E-state index in [9.17, 15) is 4.79 Å². The maximum Gasteiger partial charge on any atom is 0.224 e. The number of nitrogens with zero attached hydrogens (tertiary/aromatic N) is 1. The minimum Gasteiger partial charge on any atom is -0.492 e. The van der Waals surface area contributed by atoms with E-state index in [1.807, 2.05) is 54.6 Å². The molecule has 28 heavy (non-hydrogen) atoms. The zero-order valence-electron chi connectivity index (χ0n) is 16.0. The van der Waals surface area contributed by atoms with Gasteiger partial charge < -0.3 is 14.5 Å². The molecule has 0 spiro atoms. The molecule has 1 aromatic heterocycles. The summed E-state index contributed by atoms with van der Waals surface area (Å²) >= 11 is 0. The summed E-state index contributed by atoms with van der Waals surface area (Å²) in [6, 6.07) is 17.9. The van der Waals surface area contributed by atoms with Gasteiger partial charge in [0.15, 0.2) is 0 Å². The van der Waals surface area contributed by atoms with Crippen LogP contribution in [-0.4, -0.2) is 43.1 Å². The Labute approximate surface area is 165 Å². The summed E-state index contributed by atoms with van der Waals surface area (Å²) in [4.78, 5) is 14.9. The fourth-order valence-corrected chi connectivity index (χ4v) is 3.77. The largest absolute Gasteiger partial charge is 0.492 e. The third-order valence-corrected chi connectivity index (χ3v) is 5.31. The normalized spacial score (nSPS) is 15.6. The van der Waals surface area contributed by atoms with Gasteiger partial charge in [0.1, 0.15) is 17.9 Å². The summed E-state index contributed by atoms with van der Waals surface area (Å²) in [5.41, 5.74) is 1.84. The molecule has 2 heterocycles. The van der Waals surface area contributed by atoms with E-state index in [1.165, 1.54) is 0 Å². The first-order chi connectivity index (χ1) is 13.8. The number of rotatable bonds is 7. The van der Waals surface area contributed by atoms with Gasteiger partial charge >= 0.3 is 0 Å². The number of ether oxygens (including phenoxy) is 1. The predicted molar refractivity (Wildman–Crippen MR) is 109 cm³/mol. The number of carbonyl (C=O) groups is 1.